The summed E-state index contributed by atoms with van der Waals surface area (Å²) in [6.07, 6.45) is 4.71. The third-order valence-electron chi connectivity index (χ3n) is 4.14. The van der Waals surface area contributed by atoms with Crippen molar-refractivity contribution in [2.75, 3.05) is 0 Å². The fourth-order valence-electron chi connectivity index (χ4n) is 2.81. The van der Waals surface area contributed by atoms with Crippen LogP contribution in [0.4, 0.5) is 0 Å². The molecule has 0 bridgehead atoms. The van der Waals surface area contributed by atoms with Crippen molar-refractivity contribution in [2.24, 2.45) is 0 Å². The van der Waals surface area contributed by atoms with Crippen molar-refractivity contribution in [1.29, 1.82) is 0 Å². The molecule has 0 aromatic carbocycles. The molecule has 0 radical (unpaired) electrons. The number of rotatable bonds is 5. The molecule has 8 heteroatoms. The summed E-state index contributed by atoms with van der Waals surface area (Å²) < 4.78 is 3.50. The summed E-state index contributed by atoms with van der Waals surface area (Å²) in [5.74, 6) is 0.696. The van der Waals surface area contributed by atoms with Crippen molar-refractivity contribution in [2.45, 2.75) is 52.6 Å². The molecule has 0 saturated carbocycles. The summed E-state index contributed by atoms with van der Waals surface area (Å²) in [6.45, 7) is 10.7. The number of hydrogen-bond donors (Lipinski definition) is 1. The summed E-state index contributed by atoms with van der Waals surface area (Å²) in [5, 5.41) is 11.6. The Labute approximate surface area is 158 Å². The van der Waals surface area contributed by atoms with Crippen molar-refractivity contribution in [3.8, 4) is 5.82 Å². The van der Waals surface area contributed by atoms with Crippen LogP contribution >= 0.6 is 0 Å². The maximum absolute atomic E-state index is 12.7. The standard InChI is InChI=1S/C19H25N7O/c1-13(2)16-9-15(24-26(16)19(3,4)5)18(27)22-10-14-7-6-8-21-17(14)25-12-20-11-23-25/h6-9,11-13H,10H2,1-5H3,(H,22,27). The predicted octanol–water partition coefficient (Wildman–Crippen LogP) is 2.67. The van der Waals surface area contributed by atoms with Crippen molar-refractivity contribution in [1.82, 2.24) is 34.8 Å². The van der Waals surface area contributed by atoms with Gasteiger partial charge in [-0.3, -0.25) is 9.48 Å². The van der Waals surface area contributed by atoms with Crippen LogP contribution in [0.25, 0.3) is 5.82 Å². The van der Waals surface area contributed by atoms with Gasteiger partial charge in [0.25, 0.3) is 5.91 Å². The highest BCUT2D eigenvalue weighted by molar-refractivity contribution is 5.92. The third-order valence-corrected chi connectivity index (χ3v) is 4.14. The first-order valence-corrected chi connectivity index (χ1v) is 8.95. The average molecular weight is 367 g/mol. The van der Waals surface area contributed by atoms with Gasteiger partial charge in [-0.15, -0.1) is 0 Å². The summed E-state index contributed by atoms with van der Waals surface area (Å²) in [7, 11) is 0. The summed E-state index contributed by atoms with van der Waals surface area (Å²) in [5.41, 5.74) is 2.11. The van der Waals surface area contributed by atoms with Gasteiger partial charge in [0.2, 0.25) is 0 Å². The molecular weight excluding hydrogens is 342 g/mol. The fourth-order valence-corrected chi connectivity index (χ4v) is 2.81. The van der Waals surface area contributed by atoms with E-state index in [1.807, 2.05) is 22.9 Å². The van der Waals surface area contributed by atoms with Crippen molar-refractivity contribution in [3.63, 3.8) is 0 Å². The largest absolute Gasteiger partial charge is 0.346 e. The number of nitrogens with one attached hydrogen (secondary N) is 1. The maximum Gasteiger partial charge on any atom is 0.272 e. The van der Waals surface area contributed by atoms with E-state index in [-0.39, 0.29) is 17.4 Å². The topological polar surface area (TPSA) is 90.5 Å². The number of carbonyl (C=O) groups excluding carboxylic acids is 1. The van der Waals surface area contributed by atoms with E-state index >= 15 is 0 Å². The van der Waals surface area contributed by atoms with E-state index in [1.54, 1.807) is 17.2 Å². The zero-order chi connectivity index (χ0) is 19.6. The van der Waals surface area contributed by atoms with Crippen LogP contribution in [0.3, 0.4) is 0 Å². The van der Waals surface area contributed by atoms with Crippen molar-refractivity contribution >= 4 is 5.91 Å². The molecule has 8 nitrogen and oxygen atoms in total. The van der Waals surface area contributed by atoms with Crippen LogP contribution in [0.5, 0.6) is 0 Å². The number of amides is 1. The van der Waals surface area contributed by atoms with E-state index in [9.17, 15) is 4.79 Å². The lowest BCUT2D eigenvalue weighted by atomic mass is 10.1. The predicted molar refractivity (Wildman–Crippen MR) is 102 cm³/mol. The molecule has 142 valence electrons. The minimum atomic E-state index is -0.215. The van der Waals surface area contributed by atoms with Gasteiger partial charge in [-0.1, -0.05) is 19.9 Å². The molecule has 1 amide bonds. The van der Waals surface area contributed by atoms with E-state index < -0.39 is 0 Å². The number of aromatic nitrogens is 6. The molecule has 0 spiro atoms. The molecule has 0 unspecified atom stereocenters. The Bertz CT molecular complexity index is 920. The first kappa shape index (κ1) is 18.8. The van der Waals surface area contributed by atoms with Crippen LogP contribution in [0.1, 0.15) is 62.3 Å². The lowest BCUT2D eigenvalue weighted by molar-refractivity contribution is 0.0944. The molecular formula is C19H25N7O. The quantitative estimate of drug-likeness (QED) is 0.749. The Morgan fingerprint density at radius 3 is 2.67 bits per heavy atom. The van der Waals surface area contributed by atoms with Crippen molar-refractivity contribution in [3.05, 3.63) is 54.0 Å². The van der Waals surface area contributed by atoms with Crippen LogP contribution in [0, 0.1) is 0 Å². The molecule has 3 rings (SSSR count). The Morgan fingerprint density at radius 1 is 1.30 bits per heavy atom. The van der Waals surface area contributed by atoms with E-state index in [4.69, 9.17) is 0 Å². The second-order valence-electron chi connectivity index (χ2n) is 7.70. The Morgan fingerprint density at radius 2 is 2.07 bits per heavy atom. The average Bonchev–Trinajstić information content (AvgIpc) is 3.29. The molecule has 27 heavy (non-hydrogen) atoms. The van der Waals surface area contributed by atoms with Gasteiger partial charge in [-0.25, -0.2) is 14.6 Å². The van der Waals surface area contributed by atoms with Gasteiger partial charge < -0.3 is 5.32 Å². The van der Waals surface area contributed by atoms with Gasteiger partial charge in [0.1, 0.15) is 18.3 Å². The molecule has 0 aliphatic rings. The molecule has 0 fully saturated rings. The van der Waals surface area contributed by atoms with Gasteiger partial charge in [0, 0.05) is 24.0 Å². The normalized spacial score (nSPS) is 11.8. The zero-order valence-corrected chi connectivity index (χ0v) is 16.3. The van der Waals surface area contributed by atoms with E-state index in [1.165, 1.54) is 6.33 Å². The Kier molecular flexibility index (Phi) is 5.07. The van der Waals surface area contributed by atoms with Gasteiger partial charge in [-0.05, 0) is 38.8 Å². The molecule has 3 aromatic rings. The zero-order valence-electron chi connectivity index (χ0n) is 16.3. The fraction of sp³-hybridized carbons (Fsp3) is 0.421. The van der Waals surface area contributed by atoms with Gasteiger partial charge in [0.15, 0.2) is 5.82 Å². The molecule has 1 N–H and O–H groups in total. The Hall–Kier alpha value is -3.03. The van der Waals surface area contributed by atoms with Gasteiger partial charge in [-0.2, -0.15) is 10.2 Å². The summed E-state index contributed by atoms with van der Waals surface area (Å²) in [6, 6.07) is 5.59. The monoisotopic (exact) mass is 367 g/mol. The highest BCUT2D eigenvalue weighted by Gasteiger charge is 2.23. The van der Waals surface area contributed by atoms with E-state index in [0.29, 0.717) is 18.1 Å². The van der Waals surface area contributed by atoms with Crippen LogP contribution in [-0.4, -0.2) is 35.4 Å². The van der Waals surface area contributed by atoms with E-state index in [0.717, 1.165) is 11.3 Å². The molecule has 0 atom stereocenters. The lowest BCUT2D eigenvalue weighted by Crippen LogP contribution is -2.27. The smallest absolute Gasteiger partial charge is 0.272 e. The molecule has 0 aliphatic heterocycles. The van der Waals surface area contributed by atoms with Crippen molar-refractivity contribution < 1.29 is 4.79 Å². The summed E-state index contributed by atoms with van der Waals surface area (Å²) >= 11 is 0. The van der Waals surface area contributed by atoms with E-state index in [2.05, 4.69) is 60.1 Å². The first-order chi connectivity index (χ1) is 12.8. The maximum atomic E-state index is 12.7. The second kappa shape index (κ2) is 7.30. The SMILES string of the molecule is CC(C)c1cc(C(=O)NCc2cccnc2-n2cncn2)nn1C(C)(C)C. The molecule has 0 aliphatic carbocycles. The highest BCUT2D eigenvalue weighted by Crippen LogP contribution is 2.23. The minimum absolute atomic E-state index is 0.193. The second-order valence-corrected chi connectivity index (χ2v) is 7.70. The van der Waals surface area contributed by atoms with Crippen LogP contribution in [0.2, 0.25) is 0 Å². The number of hydrogen-bond acceptors (Lipinski definition) is 5. The first-order valence-electron chi connectivity index (χ1n) is 8.95. The minimum Gasteiger partial charge on any atom is -0.346 e. The number of carbonyl (C=O) groups is 1. The molecule has 3 aromatic heterocycles. The highest BCUT2D eigenvalue weighted by atomic mass is 16.1. The Balaban J connectivity index is 1.80. The third kappa shape index (κ3) is 4.05. The number of pyridine rings is 1. The molecule has 3 heterocycles. The van der Waals surface area contributed by atoms with Crippen LogP contribution < -0.4 is 5.32 Å². The van der Waals surface area contributed by atoms with Crippen LogP contribution in [-0.2, 0) is 12.1 Å². The lowest BCUT2D eigenvalue weighted by Gasteiger charge is -2.23. The van der Waals surface area contributed by atoms with Gasteiger partial charge >= 0.3 is 0 Å². The summed E-state index contributed by atoms with van der Waals surface area (Å²) in [4.78, 5) is 21.0. The van der Waals surface area contributed by atoms with Crippen LogP contribution in [0.15, 0.2) is 37.1 Å². The van der Waals surface area contributed by atoms with Gasteiger partial charge in [0.05, 0.1) is 5.54 Å². The number of nitrogens with zero attached hydrogens (tertiary/aromatic N) is 6. The molecule has 0 saturated heterocycles.